The molecule has 2 N–H and O–H groups in total. The lowest BCUT2D eigenvalue weighted by molar-refractivity contribution is 0.919. The molecular weight excluding hydrogens is 211 g/mol. The van der Waals surface area contributed by atoms with Gasteiger partial charge >= 0.3 is 6.98 Å². The van der Waals surface area contributed by atoms with Gasteiger partial charge in [-0.05, 0) is 17.6 Å². The van der Waals surface area contributed by atoms with Crippen molar-refractivity contribution in [1.82, 2.24) is 15.7 Å². The molecule has 1 aromatic heterocycles. The first-order valence-corrected chi connectivity index (χ1v) is 5.48. The van der Waals surface area contributed by atoms with E-state index in [1.807, 2.05) is 30.3 Å². The van der Waals surface area contributed by atoms with E-state index in [1.54, 1.807) is 12.4 Å². The van der Waals surface area contributed by atoms with E-state index >= 15 is 0 Å². The van der Waals surface area contributed by atoms with E-state index in [1.165, 1.54) is 0 Å². The summed E-state index contributed by atoms with van der Waals surface area (Å²) in [5, 5.41) is 3.14. The van der Waals surface area contributed by atoms with Crippen LogP contribution in [-0.2, 0) is 0 Å². The SMILES string of the molecule is c1ccc(B2N=C(c3cccnc3)NN2)cc1. The molecule has 0 bridgehead atoms. The third-order valence-electron chi connectivity index (χ3n) is 2.64. The first kappa shape index (κ1) is 10.0. The molecule has 0 spiro atoms. The predicted octanol–water partition coefficient (Wildman–Crippen LogP) is 0.331. The summed E-state index contributed by atoms with van der Waals surface area (Å²) < 4.78 is 0. The first-order valence-electron chi connectivity index (χ1n) is 5.48. The van der Waals surface area contributed by atoms with Gasteiger partial charge in [0, 0.05) is 18.0 Å². The molecule has 82 valence electrons. The zero-order chi connectivity index (χ0) is 11.5. The Hall–Kier alpha value is -2.14. The van der Waals surface area contributed by atoms with Crippen LogP contribution < -0.4 is 16.2 Å². The number of aromatic nitrogens is 1. The molecule has 1 aromatic carbocycles. The fourth-order valence-electron chi connectivity index (χ4n) is 1.77. The molecule has 2 aromatic rings. The molecule has 5 heteroatoms. The number of nitrogens with one attached hydrogen (secondary N) is 2. The van der Waals surface area contributed by atoms with Crippen molar-refractivity contribution in [3.8, 4) is 0 Å². The van der Waals surface area contributed by atoms with Crippen LogP contribution in [-0.4, -0.2) is 17.8 Å². The van der Waals surface area contributed by atoms with Gasteiger partial charge in [-0.2, -0.15) is 0 Å². The largest absolute Gasteiger partial charge is 0.415 e. The van der Waals surface area contributed by atoms with Crippen molar-refractivity contribution in [2.45, 2.75) is 0 Å². The fraction of sp³-hybridized carbons (Fsp3) is 0. The lowest BCUT2D eigenvalue weighted by atomic mass is 9.71. The monoisotopic (exact) mass is 222 g/mol. The number of benzene rings is 1. The quantitative estimate of drug-likeness (QED) is 0.720. The van der Waals surface area contributed by atoms with E-state index in [4.69, 9.17) is 0 Å². The Balaban J connectivity index is 1.87. The zero-order valence-electron chi connectivity index (χ0n) is 9.17. The van der Waals surface area contributed by atoms with Crippen molar-refractivity contribution >= 4 is 18.3 Å². The Bertz CT molecular complexity index is 527. The Kier molecular flexibility index (Phi) is 2.59. The Morgan fingerprint density at radius 1 is 1.00 bits per heavy atom. The molecule has 0 amide bonds. The molecule has 1 aliphatic rings. The second-order valence-corrected chi connectivity index (χ2v) is 3.80. The average molecular weight is 222 g/mol. The van der Waals surface area contributed by atoms with Crippen LogP contribution in [0.1, 0.15) is 5.56 Å². The second-order valence-electron chi connectivity index (χ2n) is 3.80. The van der Waals surface area contributed by atoms with Crippen LogP contribution in [0.4, 0.5) is 0 Å². The highest BCUT2D eigenvalue weighted by Gasteiger charge is 2.23. The maximum atomic E-state index is 4.58. The molecule has 0 aliphatic carbocycles. The van der Waals surface area contributed by atoms with Gasteiger partial charge in [0.2, 0.25) is 0 Å². The van der Waals surface area contributed by atoms with Crippen molar-refractivity contribution in [1.29, 1.82) is 0 Å². The summed E-state index contributed by atoms with van der Waals surface area (Å²) in [4.78, 5) is 8.66. The van der Waals surface area contributed by atoms with Gasteiger partial charge in [0.1, 0.15) is 5.84 Å². The van der Waals surface area contributed by atoms with Crippen LogP contribution in [0.15, 0.2) is 59.8 Å². The zero-order valence-corrected chi connectivity index (χ0v) is 9.17. The summed E-state index contributed by atoms with van der Waals surface area (Å²) in [7, 11) is 0. The Morgan fingerprint density at radius 3 is 2.65 bits per heavy atom. The van der Waals surface area contributed by atoms with Crippen LogP contribution in [0.25, 0.3) is 0 Å². The molecular formula is C12H11BN4. The summed E-state index contributed by atoms with van der Waals surface area (Å²) in [6.45, 7) is -0.0357. The highest BCUT2D eigenvalue weighted by molar-refractivity contribution is 6.71. The third-order valence-corrected chi connectivity index (χ3v) is 2.64. The number of rotatable bonds is 2. The summed E-state index contributed by atoms with van der Waals surface area (Å²) >= 11 is 0. The van der Waals surface area contributed by atoms with Crippen molar-refractivity contribution in [3.63, 3.8) is 0 Å². The van der Waals surface area contributed by atoms with E-state index in [0.29, 0.717) is 0 Å². The minimum Gasteiger partial charge on any atom is -0.315 e. The van der Waals surface area contributed by atoms with Gasteiger partial charge in [-0.1, -0.05) is 30.3 Å². The normalized spacial score (nSPS) is 14.4. The van der Waals surface area contributed by atoms with Gasteiger partial charge in [0.05, 0.1) is 0 Å². The molecule has 1 aliphatic heterocycles. The fourth-order valence-corrected chi connectivity index (χ4v) is 1.77. The van der Waals surface area contributed by atoms with E-state index in [0.717, 1.165) is 16.9 Å². The van der Waals surface area contributed by atoms with Gasteiger partial charge in [0.15, 0.2) is 0 Å². The number of hydrogen-bond acceptors (Lipinski definition) is 4. The minimum absolute atomic E-state index is 0.0357. The molecule has 4 nitrogen and oxygen atoms in total. The minimum atomic E-state index is -0.0357. The average Bonchev–Trinajstić information content (AvgIpc) is 2.90. The molecule has 3 rings (SSSR count). The van der Waals surface area contributed by atoms with Crippen LogP contribution in [0.2, 0.25) is 0 Å². The lowest BCUT2D eigenvalue weighted by Crippen LogP contribution is -2.45. The number of amidine groups is 1. The molecule has 0 fully saturated rings. The van der Waals surface area contributed by atoms with Crippen LogP contribution >= 0.6 is 0 Å². The number of hydrogen-bond donors (Lipinski definition) is 2. The highest BCUT2D eigenvalue weighted by Crippen LogP contribution is 2.01. The predicted molar refractivity (Wildman–Crippen MR) is 68.9 cm³/mol. The first-order chi connectivity index (χ1) is 8.43. The molecule has 2 heterocycles. The van der Waals surface area contributed by atoms with Gasteiger partial charge < -0.3 is 5.43 Å². The second kappa shape index (κ2) is 4.39. The van der Waals surface area contributed by atoms with Gasteiger partial charge in [-0.15, -0.1) is 0 Å². The van der Waals surface area contributed by atoms with E-state index < -0.39 is 0 Å². The Morgan fingerprint density at radius 2 is 1.88 bits per heavy atom. The molecule has 0 atom stereocenters. The third kappa shape index (κ3) is 2.05. The van der Waals surface area contributed by atoms with Crippen LogP contribution in [0.5, 0.6) is 0 Å². The highest BCUT2D eigenvalue weighted by atomic mass is 15.4. The number of pyridine rings is 1. The van der Waals surface area contributed by atoms with Crippen LogP contribution in [0.3, 0.4) is 0 Å². The molecule has 17 heavy (non-hydrogen) atoms. The lowest BCUT2D eigenvalue weighted by Gasteiger charge is -2.02. The molecule has 0 saturated heterocycles. The topological polar surface area (TPSA) is 49.3 Å². The standard InChI is InChI=1S/C12H11BN4/c1-2-6-11(7-3-1)13-15-12(16-17-13)10-5-4-8-14-9-10/h1-9,17H,(H,15,16). The van der Waals surface area contributed by atoms with Gasteiger partial charge in [-0.3, -0.25) is 9.89 Å². The summed E-state index contributed by atoms with van der Waals surface area (Å²) in [6, 6.07) is 14.0. The smallest absolute Gasteiger partial charge is 0.315 e. The van der Waals surface area contributed by atoms with Crippen molar-refractivity contribution < 1.29 is 0 Å². The van der Waals surface area contributed by atoms with Gasteiger partial charge in [0.25, 0.3) is 0 Å². The number of hydrazine groups is 1. The van der Waals surface area contributed by atoms with Crippen molar-refractivity contribution in [2.24, 2.45) is 4.90 Å². The maximum Gasteiger partial charge on any atom is 0.415 e. The van der Waals surface area contributed by atoms with E-state index in [2.05, 4.69) is 32.8 Å². The van der Waals surface area contributed by atoms with E-state index in [-0.39, 0.29) is 6.98 Å². The molecule has 0 radical (unpaired) electrons. The number of nitrogens with zero attached hydrogens (tertiary/aromatic N) is 2. The van der Waals surface area contributed by atoms with Crippen molar-refractivity contribution in [3.05, 3.63) is 60.4 Å². The summed E-state index contributed by atoms with van der Waals surface area (Å²) in [5.74, 6) is 0.826. The van der Waals surface area contributed by atoms with E-state index in [9.17, 15) is 0 Å². The molecule has 0 unspecified atom stereocenters. The van der Waals surface area contributed by atoms with Gasteiger partial charge in [-0.25, -0.2) is 5.34 Å². The summed E-state index contributed by atoms with van der Waals surface area (Å²) in [6.07, 6.45) is 3.54. The van der Waals surface area contributed by atoms with Crippen molar-refractivity contribution in [2.75, 3.05) is 0 Å². The Labute approximate surface area is 99.9 Å². The van der Waals surface area contributed by atoms with Crippen LogP contribution in [0, 0.1) is 0 Å². The summed E-state index contributed by atoms with van der Waals surface area (Å²) in [5.41, 5.74) is 5.20. The maximum absolute atomic E-state index is 4.58. The molecule has 0 saturated carbocycles.